The van der Waals surface area contributed by atoms with Crippen molar-refractivity contribution in [3.63, 3.8) is 0 Å². The van der Waals surface area contributed by atoms with Crippen LogP contribution >= 0.6 is 0 Å². The maximum absolute atomic E-state index is 3.72. The first kappa shape index (κ1) is 11.0. The predicted octanol–water partition coefficient (Wildman–Crippen LogP) is 3.13. The molecule has 0 spiro atoms. The molecule has 0 saturated heterocycles. The number of hydrogen-bond donors (Lipinski definition) is 1. The topological polar surface area (TPSA) is 12.0 Å². The third-order valence-electron chi connectivity index (χ3n) is 2.30. The van der Waals surface area contributed by atoms with Gasteiger partial charge in [-0.25, -0.2) is 0 Å². The SMILES string of the molecule is C=CCC[C@H](C)NCc1ccccc1. The normalized spacial score (nSPS) is 12.4. The lowest BCUT2D eigenvalue weighted by atomic mass is 10.1. The summed E-state index contributed by atoms with van der Waals surface area (Å²) in [7, 11) is 0. The van der Waals surface area contributed by atoms with Crippen molar-refractivity contribution in [2.75, 3.05) is 0 Å². The Kier molecular flexibility index (Phi) is 5.02. The third kappa shape index (κ3) is 4.24. The van der Waals surface area contributed by atoms with Crippen molar-refractivity contribution >= 4 is 0 Å². The third-order valence-corrected chi connectivity index (χ3v) is 2.30. The Balaban J connectivity index is 2.23. The Morgan fingerprint density at radius 3 is 2.71 bits per heavy atom. The van der Waals surface area contributed by atoms with Crippen molar-refractivity contribution in [1.82, 2.24) is 5.32 Å². The van der Waals surface area contributed by atoms with Crippen LogP contribution in [-0.2, 0) is 6.54 Å². The summed E-state index contributed by atoms with van der Waals surface area (Å²) < 4.78 is 0. The largest absolute Gasteiger partial charge is 0.310 e. The van der Waals surface area contributed by atoms with Gasteiger partial charge in [0.15, 0.2) is 0 Å². The van der Waals surface area contributed by atoms with Gasteiger partial charge in [-0.2, -0.15) is 0 Å². The summed E-state index contributed by atoms with van der Waals surface area (Å²) >= 11 is 0. The zero-order valence-electron chi connectivity index (χ0n) is 8.87. The second kappa shape index (κ2) is 6.39. The molecule has 0 heterocycles. The van der Waals surface area contributed by atoms with Crippen LogP contribution in [0.1, 0.15) is 25.3 Å². The van der Waals surface area contributed by atoms with Crippen LogP contribution in [0.2, 0.25) is 0 Å². The Morgan fingerprint density at radius 2 is 2.07 bits per heavy atom. The van der Waals surface area contributed by atoms with Gasteiger partial charge in [-0.15, -0.1) is 6.58 Å². The molecule has 0 bridgehead atoms. The number of hydrogen-bond acceptors (Lipinski definition) is 1. The Morgan fingerprint density at radius 1 is 1.36 bits per heavy atom. The van der Waals surface area contributed by atoms with Gasteiger partial charge in [0.05, 0.1) is 0 Å². The molecular formula is C13H19N. The molecule has 1 heteroatoms. The molecule has 0 amide bonds. The van der Waals surface area contributed by atoms with E-state index >= 15 is 0 Å². The van der Waals surface area contributed by atoms with E-state index in [9.17, 15) is 0 Å². The van der Waals surface area contributed by atoms with Gasteiger partial charge in [-0.1, -0.05) is 36.4 Å². The first-order chi connectivity index (χ1) is 6.83. The standard InChI is InChI=1S/C13H19N/c1-3-4-8-12(2)14-11-13-9-6-5-7-10-13/h3,5-7,9-10,12,14H,1,4,8,11H2,2H3/t12-/m0/s1. The minimum absolute atomic E-state index is 0.563. The van der Waals surface area contributed by atoms with Crippen LogP contribution < -0.4 is 5.32 Å². The fourth-order valence-corrected chi connectivity index (χ4v) is 1.36. The molecule has 0 aliphatic carbocycles. The van der Waals surface area contributed by atoms with Gasteiger partial charge in [0.2, 0.25) is 0 Å². The van der Waals surface area contributed by atoms with Gasteiger partial charge in [0.25, 0.3) is 0 Å². The molecule has 1 N–H and O–H groups in total. The minimum Gasteiger partial charge on any atom is -0.310 e. The lowest BCUT2D eigenvalue weighted by Gasteiger charge is -2.12. The second-order valence-electron chi connectivity index (χ2n) is 3.63. The van der Waals surface area contributed by atoms with E-state index in [4.69, 9.17) is 0 Å². The number of benzene rings is 1. The molecule has 0 fully saturated rings. The maximum Gasteiger partial charge on any atom is 0.0207 e. The zero-order valence-corrected chi connectivity index (χ0v) is 8.87. The second-order valence-corrected chi connectivity index (χ2v) is 3.63. The average Bonchev–Trinajstić information content (AvgIpc) is 2.25. The summed E-state index contributed by atoms with van der Waals surface area (Å²) in [6.45, 7) is 6.90. The van der Waals surface area contributed by atoms with Gasteiger partial charge in [-0.3, -0.25) is 0 Å². The molecule has 1 atom stereocenters. The van der Waals surface area contributed by atoms with Crippen LogP contribution in [0.3, 0.4) is 0 Å². The highest BCUT2D eigenvalue weighted by molar-refractivity contribution is 5.14. The quantitative estimate of drug-likeness (QED) is 0.678. The van der Waals surface area contributed by atoms with E-state index in [1.54, 1.807) is 0 Å². The van der Waals surface area contributed by atoms with Crippen molar-refractivity contribution in [1.29, 1.82) is 0 Å². The maximum atomic E-state index is 3.72. The number of rotatable bonds is 6. The lowest BCUT2D eigenvalue weighted by Crippen LogP contribution is -2.25. The van der Waals surface area contributed by atoms with Crippen LogP contribution in [0.15, 0.2) is 43.0 Å². The fourth-order valence-electron chi connectivity index (χ4n) is 1.36. The lowest BCUT2D eigenvalue weighted by molar-refractivity contribution is 0.518. The highest BCUT2D eigenvalue weighted by Gasteiger charge is 1.99. The highest BCUT2D eigenvalue weighted by Crippen LogP contribution is 2.01. The van der Waals surface area contributed by atoms with E-state index in [1.165, 1.54) is 5.56 Å². The first-order valence-electron chi connectivity index (χ1n) is 5.21. The van der Waals surface area contributed by atoms with E-state index in [-0.39, 0.29) is 0 Å². The van der Waals surface area contributed by atoms with Crippen LogP contribution in [0.4, 0.5) is 0 Å². The average molecular weight is 189 g/mol. The molecule has 1 rings (SSSR count). The molecule has 0 aliphatic heterocycles. The van der Waals surface area contributed by atoms with Crippen molar-refractivity contribution in [3.8, 4) is 0 Å². The van der Waals surface area contributed by atoms with E-state index in [1.807, 2.05) is 12.1 Å². The molecule has 1 nitrogen and oxygen atoms in total. The molecule has 0 aromatic heterocycles. The summed E-state index contributed by atoms with van der Waals surface area (Å²) in [5.41, 5.74) is 1.35. The van der Waals surface area contributed by atoms with E-state index in [0.29, 0.717) is 6.04 Å². The van der Waals surface area contributed by atoms with E-state index in [0.717, 1.165) is 19.4 Å². The number of nitrogens with one attached hydrogen (secondary N) is 1. The fraction of sp³-hybridized carbons (Fsp3) is 0.385. The smallest absolute Gasteiger partial charge is 0.0207 e. The summed E-state index contributed by atoms with van der Waals surface area (Å²) in [6.07, 6.45) is 4.22. The van der Waals surface area contributed by atoms with Crippen LogP contribution in [0.5, 0.6) is 0 Å². The Hall–Kier alpha value is -1.08. The summed E-state index contributed by atoms with van der Waals surface area (Å²) in [5, 5.41) is 3.49. The molecule has 1 aromatic carbocycles. The van der Waals surface area contributed by atoms with Crippen LogP contribution in [0.25, 0.3) is 0 Å². The van der Waals surface area contributed by atoms with Crippen molar-refractivity contribution < 1.29 is 0 Å². The number of allylic oxidation sites excluding steroid dienone is 1. The zero-order chi connectivity index (χ0) is 10.2. The van der Waals surface area contributed by atoms with Gasteiger partial charge in [-0.05, 0) is 25.3 Å². The van der Waals surface area contributed by atoms with E-state index in [2.05, 4.69) is 43.1 Å². The first-order valence-corrected chi connectivity index (χ1v) is 5.21. The summed E-state index contributed by atoms with van der Waals surface area (Å²) in [4.78, 5) is 0. The van der Waals surface area contributed by atoms with E-state index < -0.39 is 0 Å². The van der Waals surface area contributed by atoms with Crippen molar-refractivity contribution in [2.24, 2.45) is 0 Å². The van der Waals surface area contributed by atoms with Gasteiger partial charge < -0.3 is 5.32 Å². The van der Waals surface area contributed by atoms with Crippen molar-refractivity contribution in [2.45, 2.75) is 32.4 Å². The molecule has 14 heavy (non-hydrogen) atoms. The van der Waals surface area contributed by atoms with Crippen LogP contribution in [0, 0.1) is 0 Å². The van der Waals surface area contributed by atoms with Gasteiger partial charge in [0.1, 0.15) is 0 Å². The molecule has 0 radical (unpaired) electrons. The summed E-state index contributed by atoms with van der Waals surface area (Å²) in [6, 6.07) is 11.1. The molecular weight excluding hydrogens is 170 g/mol. The minimum atomic E-state index is 0.563. The Labute approximate surface area is 86.8 Å². The monoisotopic (exact) mass is 189 g/mol. The molecule has 0 saturated carbocycles. The Bertz CT molecular complexity index is 253. The van der Waals surface area contributed by atoms with Gasteiger partial charge >= 0.3 is 0 Å². The molecule has 1 aromatic rings. The highest BCUT2D eigenvalue weighted by atomic mass is 14.9. The molecule has 76 valence electrons. The van der Waals surface area contributed by atoms with Crippen LogP contribution in [-0.4, -0.2) is 6.04 Å². The molecule has 0 aliphatic rings. The predicted molar refractivity (Wildman–Crippen MR) is 62.2 cm³/mol. The van der Waals surface area contributed by atoms with Gasteiger partial charge in [0, 0.05) is 12.6 Å². The molecule has 0 unspecified atom stereocenters. The van der Waals surface area contributed by atoms with Crippen molar-refractivity contribution in [3.05, 3.63) is 48.6 Å². The summed E-state index contributed by atoms with van der Waals surface area (Å²) in [5.74, 6) is 0.